The van der Waals surface area contributed by atoms with Crippen LogP contribution in [-0.2, 0) is 11.2 Å². The summed E-state index contributed by atoms with van der Waals surface area (Å²) in [6, 6.07) is 16.0. The second-order valence-electron chi connectivity index (χ2n) is 6.97. The molecule has 0 radical (unpaired) electrons. The van der Waals surface area contributed by atoms with Crippen LogP contribution in [0.5, 0.6) is 11.5 Å². The molecule has 6 nitrogen and oxygen atoms in total. The highest BCUT2D eigenvalue weighted by Gasteiger charge is 2.20. The van der Waals surface area contributed by atoms with E-state index >= 15 is 0 Å². The van der Waals surface area contributed by atoms with E-state index in [4.69, 9.17) is 14.2 Å². The molecule has 2 heterocycles. The molecule has 30 heavy (non-hydrogen) atoms. The van der Waals surface area contributed by atoms with Gasteiger partial charge in [0.05, 0.1) is 12.8 Å². The molecule has 1 aromatic heterocycles. The fourth-order valence-corrected chi connectivity index (χ4v) is 4.21. The monoisotopic (exact) mass is 424 g/mol. The first kappa shape index (κ1) is 20.4. The highest BCUT2D eigenvalue weighted by Crippen LogP contribution is 2.37. The first-order valence-corrected chi connectivity index (χ1v) is 10.7. The predicted molar refractivity (Wildman–Crippen MR) is 116 cm³/mol. The number of fused-ring (bicyclic) bond motifs is 1. The van der Waals surface area contributed by atoms with Crippen molar-refractivity contribution in [3.63, 3.8) is 0 Å². The number of aromatic nitrogens is 1. The molecule has 0 aliphatic carbocycles. The molecule has 0 saturated carbocycles. The summed E-state index contributed by atoms with van der Waals surface area (Å²) >= 11 is 1.39. The molecule has 0 unspecified atom stereocenters. The molecule has 4 rings (SSSR count). The maximum Gasteiger partial charge on any atom is 0.265 e. The molecule has 0 fully saturated rings. The van der Waals surface area contributed by atoms with Crippen LogP contribution in [0.3, 0.4) is 0 Å². The Morgan fingerprint density at radius 2 is 1.97 bits per heavy atom. The van der Waals surface area contributed by atoms with Crippen molar-refractivity contribution in [3.8, 4) is 22.1 Å². The van der Waals surface area contributed by atoms with E-state index in [0.29, 0.717) is 30.3 Å². The van der Waals surface area contributed by atoms with Crippen LogP contribution in [0.4, 0.5) is 0 Å². The zero-order valence-corrected chi connectivity index (χ0v) is 17.7. The van der Waals surface area contributed by atoms with Crippen molar-refractivity contribution in [3.05, 3.63) is 65.2 Å². The number of rotatable bonds is 9. The molecule has 1 aliphatic rings. The molecule has 7 heteroatoms. The second kappa shape index (κ2) is 9.73. The van der Waals surface area contributed by atoms with Gasteiger partial charge in [-0.05, 0) is 36.6 Å². The third-order valence-corrected chi connectivity index (χ3v) is 5.96. The average molecular weight is 425 g/mol. The van der Waals surface area contributed by atoms with E-state index in [1.807, 2.05) is 41.3 Å². The lowest BCUT2D eigenvalue weighted by molar-refractivity contribution is 0.0698. The molecule has 1 amide bonds. The normalized spacial score (nSPS) is 12.2. The zero-order valence-electron chi connectivity index (χ0n) is 16.9. The smallest absolute Gasteiger partial charge is 0.265 e. The van der Waals surface area contributed by atoms with E-state index < -0.39 is 0 Å². The fraction of sp³-hybridized carbons (Fsp3) is 0.304. The van der Waals surface area contributed by atoms with Crippen molar-refractivity contribution in [1.29, 1.82) is 0 Å². The Hall–Kier alpha value is -2.90. The van der Waals surface area contributed by atoms with Gasteiger partial charge in [0, 0.05) is 25.8 Å². The predicted octanol–water partition coefficient (Wildman–Crippen LogP) is 4.26. The van der Waals surface area contributed by atoms with E-state index in [-0.39, 0.29) is 12.7 Å². The first-order chi connectivity index (χ1) is 14.7. The third-order valence-electron chi connectivity index (χ3n) is 4.92. The summed E-state index contributed by atoms with van der Waals surface area (Å²) in [4.78, 5) is 20.1. The number of carbonyl (C=O) groups excluding carboxylic acids is 1. The maximum absolute atomic E-state index is 13.1. The van der Waals surface area contributed by atoms with Crippen molar-refractivity contribution >= 4 is 17.2 Å². The quantitative estimate of drug-likeness (QED) is 0.514. The van der Waals surface area contributed by atoms with E-state index in [1.165, 1.54) is 16.9 Å². The molecular weight excluding hydrogens is 400 g/mol. The minimum absolute atomic E-state index is 0.00962. The first-order valence-electron chi connectivity index (χ1n) is 9.92. The summed E-state index contributed by atoms with van der Waals surface area (Å²) in [5, 5.41) is 0.785. The number of aryl methyl sites for hydroxylation is 1. The van der Waals surface area contributed by atoms with Crippen LogP contribution in [0.1, 0.15) is 21.7 Å². The van der Waals surface area contributed by atoms with Gasteiger partial charge in [-0.2, -0.15) is 0 Å². The number of methoxy groups -OCH3 is 1. The number of hydrogen-bond acceptors (Lipinski definition) is 6. The fourth-order valence-electron chi connectivity index (χ4n) is 3.33. The standard InChI is InChI=1S/C23H24N2O4S/c1-27-13-12-25(11-5-8-17-6-3-2-4-7-17)23(26)21-15-24-22(30-21)18-9-10-19-20(14-18)29-16-28-19/h2-4,6-7,9-10,14-15H,5,8,11-13,16H2,1H3. The third kappa shape index (κ3) is 4.80. The lowest BCUT2D eigenvalue weighted by Gasteiger charge is -2.21. The lowest BCUT2D eigenvalue weighted by atomic mass is 10.1. The van der Waals surface area contributed by atoms with E-state index in [0.717, 1.165) is 29.2 Å². The molecule has 1 aliphatic heterocycles. The highest BCUT2D eigenvalue weighted by atomic mass is 32.1. The zero-order chi connectivity index (χ0) is 20.8. The SMILES string of the molecule is COCCN(CCCc1ccccc1)C(=O)c1cnc(-c2ccc3c(c2)OCO3)s1. The summed E-state index contributed by atoms with van der Waals surface area (Å²) in [7, 11) is 1.65. The number of benzene rings is 2. The number of hydrogen-bond donors (Lipinski definition) is 0. The van der Waals surface area contributed by atoms with Crippen molar-refractivity contribution in [2.24, 2.45) is 0 Å². The van der Waals surface area contributed by atoms with Gasteiger partial charge in [0.15, 0.2) is 11.5 Å². The van der Waals surface area contributed by atoms with Crippen LogP contribution in [0.25, 0.3) is 10.6 Å². The molecule has 0 atom stereocenters. The Bertz CT molecular complexity index is 990. The number of thiazole rings is 1. The van der Waals surface area contributed by atoms with Gasteiger partial charge < -0.3 is 19.1 Å². The summed E-state index contributed by atoms with van der Waals surface area (Å²) < 4.78 is 16.0. The summed E-state index contributed by atoms with van der Waals surface area (Å²) in [5.41, 5.74) is 2.19. The molecule has 156 valence electrons. The van der Waals surface area contributed by atoms with E-state index in [1.54, 1.807) is 13.3 Å². The Kier molecular flexibility index (Phi) is 6.61. The van der Waals surface area contributed by atoms with Crippen LogP contribution in [0, 0.1) is 0 Å². The van der Waals surface area contributed by atoms with Crippen LogP contribution >= 0.6 is 11.3 Å². The van der Waals surface area contributed by atoms with E-state index in [2.05, 4.69) is 17.1 Å². The topological polar surface area (TPSA) is 60.9 Å². The Morgan fingerprint density at radius 1 is 1.13 bits per heavy atom. The second-order valence-corrected chi connectivity index (χ2v) is 8.00. The number of carbonyl (C=O) groups is 1. The van der Waals surface area contributed by atoms with Crippen molar-refractivity contribution < 1.29 is 19.0 Å². The lowest BCUT2D eigenvalue weighted by Crippen LogP contribution is -2.34. The van der Waals surface area contributed by atoms with E-state index in [9.17, 15) is 4.79 Å². The largest absolute Gasteiger partial charge is 0.454 e. The van der Waals surface area contributed by atoms with Gasteiger partial charge in [0.2, 0.25) is 6.79 Å². The number of nitrogens with zero attached hydrogens (tertiary/aromatic N) is 2. The van der Waals surface area contributed by atoms with Crippen molar-refractivity contribution in [2.75, 3.05) is 33.6 Å². The van der Waals surface area contributed by atoms with Crippen LogP contribution < -0.4 is 9.47 Å². The number of amides is 1. The van der Waals surface area contributed by atoms with Gasteiger partial charge in [-0.3, -0.25) is 4.79 Å². The van der Waals surface area contributed by atoms with Crippen LogP contribution in [0.15, 0.2) is 54.7 Å². The summed E-state index contributed by atoms with van der Waals surface area (Å²) in [6.45, 7) is 1.97. The molecule has 0 spiro atoms. The molecule has 0 saturated heterocycles. The van der Waals surface area contributed by atoms with Gasteiger partial charge in [0.1, 0.15) is 9.88 Å². The van der Waals surface area contributed by atoms with Gasteiger partial charge in [-0.25, -0.2) is 4.98 Å². The van der Waals surface area contributed by atoms with Gasteiger partial charge in [0.25, 0.3) is 5.91 Å². The summed E-state index contributed by atoms with van der Waals surface area (Å²) in [5.74, 6) is 1.43. The Labute approximate surface area is 180 Å². The van der Waals surface area contributed by atoms with Crippen LogP contribution in [0.2, 0.25) is 0 Å². The minimum atomic E-state index is -0.00962. The Morgan fingerprint density at radius 3 is 2.80 bits per heavy atom. The van der Waals surface area contributed by atoms with Crippen molar-refractivity contribution in [2.45, 2.75) is 12.8 Å². The van der Waals surface area contributed by atoms with Gasteiger partial charge in [-0.1, -0.05) is 30.3 Å². The molecule has 0 bridgehead atoms. The van der Waals surface area contributed by atoms with Gasteiger partial charge >= 0.3 is 0 Å². The molecule has 2 aromatic carbocycles. The number of ether oxygens (including phenoxy) is 3. The molecule has 3 aromatic rings. The molecule has 0 N–H and O–H groups in total. The Balaban J connectivity index is 1.43. The van der Waals surface area contributed by atoms with Crippen LogP contribution in [-0.4, -0.2) is 49.4 Å². The van der Waals surface area contributed by atoms with Gasteiger partial charge in [-0.15, -0.1) is 11.3 Å². The molecular formula is C23H24N2O4S. The maximum atomic E-state index is 13.1. The summed E-state index contributed by atoms with van der Waals surface area (Å²) in [6.07, 6.45) is 3.49. The average Bonchev–Trinajstić information content (AvgIpc) is 3.45. The highest BCUT2D eigenvalue weighted by molar-refractivity contribution is 7.16. The minimum Gasteiger partial charge on any atom is -0.454 e. The van der Waals surface area contributed by atoms with Crippen molar-refractivity contribution in [1.82, 2.24) is 9.88 Å².